The molecule has 0 spiro atoms. The molecule has 0 saturated carbocycles. The van der Waals surface area contributed by atoms with E-state index in [2.05, 4.69) is 5.32 Å². The average Bonchev–Trinajstić information content (AvgIpc) is 2.50. The third-order valence-corrected chi connectivity index (χ3v) is 3.27. The maximum absolute atomic E-state index is 13.5. The van der Waals surface area contributed by atoms with Gasteiger partial charge in [0.25, 0.3) is 5.91 Å². The molecule has 1 N–H and O–H groups in total. The molecular formula is C16H9ClFNO3. The molecule has 6 heteroatoms. The average molecular weight is 318 g/mol. The van der Waals surface area contributed by atoms with Crippen LogP contribution in [0.3, 0.4) is 0 Å². The lowest BCUT2D eigenvalue weighted by atomic mass is 10.2. The third kappa shape index (κ3) is 2.71. The van der Waals surface area contributed by atoms with Crippen LogP contribution in [-0.2, 0) is 0 Å². The van der Waals surface area contributed by atoms with E-state index in [4.69, 9.17) is 16.0 Å². The molecular weight excluding hydrogens is 309 g/mol. The van der Waals surface area contributed by atoms with Crippen molar-refractivity contribution < 1.29 is 13.6 Å². The molecule has 2 aromatic carbocycles. The summed E-state index contributed by atoms with van der Waals surface area (Å²) in [5.74, 6) is -1.49. The van der Waals surface area contributed by atoms with Crippen molar-refractivity contribution in [3.05, 3.63) is 75.4 Å². The maximum Gasteiger partial charge on any atom is 0.291 e. The molecule has 0 atom stereocenters. The summed E-state index contributed by atoms with van der Waals surface area (Å²) in [4.78, 5) is 24.1. The van der Waals surface area contributed by atoms with E-state index < -0.39 is 17.2 Å². The van der Waals surface area contributed by atoms with Crippen molar-refractivity contribution in [2.24, 2.45) is 0 Å². The van der Waals surface area contributed by atoms with Crippen LogP contribution in [-0.4, -0.2) is 5.91 Å². The molecule has 0 unspecified atom stereocenters. The minimum Gasteiger partial charge on any atom is -0.451 e. The second kappa shape index (κ2) is 5.61. The van der Waals surface area contributed by atoms with E-state index in [9.17, 15) is 14.0 Å². The van der Waals surface area contributed by atoms with Gasteiger partial charge in [-0.2, -0.15) is 0 Å². The van der Waals surface area contributed by atoms with Gasteiger partial charge in [-0.3, -0.25) is 9.59 Å². The highest BCUT2D eigenvalue weighted by atomic mass is 35.5. The van der Waals surface area contributed by atoms with Gasteiger partial charge in [-0.1, -0.05) is 23.7 Å². The van der Waals surface area contributed by atoms with Gasteiger partial charge >= 0.3 is 0 Å². The summed E-state index contributed by atoms with van der Waals surface area (Å²) in [6, 6.07) is 11.3. The van der Waals surface area contributed by atoms with Gasteiger partial charge in [0.1, 0.15) is 11.4 Å². The van der Waals surface area contributed by atoms with E-state index in [1.165, 1.54) is 30.3 Å². The van der Waals surface area contributed by atoms with Gasteiger partial charge in [0.05, 0.1) is 11.1 Å². The van der Waals surface area contributed by atoms with Gasteiger partial charge in [0.2, 0.25) is 0 Å². The van der Waals surface area contributed by atoms with E-state index in [0.717, 1.165) is 6.07 Å². The summed E-state index contributed by atoms with van der Waals surface area (Å²) < 4.78 is 18.9. The molecule has 0 aliphatic heterocycles. The second-order valence-corrected chi connectivity index (χ2v) is 4.99. The number of anilines is 1. The number of hydrogen-bond acceptors (Lipinski definition) is 3. The smallest absolute Gasteiger partial charge is 0.291 e. The number of nitrogens with one attached hydrogen (secondary N) is 1. The molecule has 4 nitrogen and oxygen atoms in total. The van der Waals surface area contributed by atoms with Gasteiger partial charge in [0.15, 0.2) is 11.2 Å². The number of carbonyl (C=O) groups excluding carboxylic acids is 1. The summed E-state index contributed by atoms with van der Waals surface area (Å²) in [5, 5.41) is 3.02. The van der Waals surface area contributed by atoms with Crippen molar-refractivity contribution in [1.29, 1.82) is 0 Å². The lowest BCUT2D eigenvalue weighted by Gasteiger charge is -2.06. The zero-order valence-electron chi connectivity index (χ0n) is 11.1. The molecule has 110 valence electrons. The van der Waals surface area contributed by atoms with Gasteiger partial charge in [-0.15, -0.1) is 0 Å². The lowest BCUT2D eigenvalue weighted by molar-refractivity contribution is 0.0996. The minimum atomic E-state index is -0.709. The van der Waals surface area contributed by atoms with Crippen LogP contribution in [0.5, 0.6) is 0 Å². The first-order valence-electron chi connectivity index (χ1n) is 6.34. The number of para-hydroxylation sites is 1. The Balaban J connectivity index is 2.00. The fourth-order valence-electron chi connectivity index (χ4n) is 1.99. The zero-order valence-corrected chi connectivity index (χ0v) is 11.9. The van der Waals surface area contributed by atoms with Gasteiger partial charge in [-0.05, 0) is 30.3 Å². The number of rotatable bonds is 2. The summed E-state index contributed by atoms with van der Waals surface area (Å²) in [5.41, 5.74) is -0.163. The van der Waals surface area contributed by atoms with E-state index in [-0.39, 0.29) is 22.4 Å². The fourth-order valence-corrected chi connectivity index (χ4v) is 2.16. The highest BCUT2D eigenvalue weighted by Crippen LogP contribution is 2.19. The fraction of sp³-hybridized carbons (Fsp3) is 0. The molecule has 1 aromatic heterocycles. The van der Waals surface area contributed by atoms with E-state index in [1.54, 1.807) is 12.1 Å². The van der Waals surface area contributed by atoms with Crippen molar-refractivity contribution in [2.45, 2.75) is 0 Å². The first kappa shape index (κ1) is 14.3. The Morgan fingerprint density at radius 1 is 1.14 bits per heavy atom. The highest BCUT2D eigenvalue weighted by Gasteiger charge is 2.14. The number of fused-ring (bicyclic) bond motifs is 1. The van der Waals surface area contributed by atoms with Crippen molar-refractivity contribution in [1.82, 2.24) is 0 Å². The summed E-state index contributed by atoms with van der Waals surface area (Å²) in [7, 11) is 0. The Hall–Kier alpha value is -2.66. The summed E-state index contributed by atoms with van der Waals surface area (Å²) >= 11 is 5.82. The van der Waals surface area contributed by atoms with Crippen LogP contribution >= 0.6 is 11.6 Å². The molecule has 0 saturated heterocycles. The molecule has 0 fully saturated rings. The summed E-state index contributed by atoms with van der Waals surface area (Å²) in [6.07, 6.45) is 0. The second-order valence-electron chi connectivity index (χ2n) is 4.55. The molecule has 1 heterocycles. The van der Waals surface area contributed by atoms with Gasteiger partial charge in [0, 0.05) is 11.1 Å². The number of halogens is 2. The molecule has 0 aliphatic carbocycles. The molecule has 3 aromatic rings. The quantitative estimate of drug-likeness (QED) is 0.781. The Labute approximate surface area is 129 Å². The van der Waals surface area contributed by atoms with Gasteiger partial charge in [-0.25, -0.2) is 4.39 Å². The summed E-state index contributed by atoms with van der Waals surface area (Å²) in [6.45, 7) is 0. The predicted octanol–water partition coefficient (Wildman–Crippen LogP) is 3.84. The monoisotopic (exact) mass is 317 g/mol. The normalized spacial score (nSPS) is 10.6. The Morgan fingerprint density at radius 2 is 1.91 bits per heavy atom. The van der Waals surface area contributed by atoms with Crippen LogP contribution in [0.1, 0.15) is 10.6 Å². The lowest BCUT2D eigenvalue weighted by Crippen LogP contribution is -2.15. The number of amides is 1. The first-order chi connectivity index (χ1) is 10.5. The minimum absolute atomic E-state index is 0.00588. The van der Waals surface area contributed by atoms with Crippen molar-refractivity contribution >= 4 is 34.2 Å². The van der Waals surface area contributed by atoms with Crippen LogP contribution in [0.2, 0.25) is 5.02 Å². The van der Waals surface area contributed by atoms with Crippen LogP contribution in [0.15, 0.2) is 57.7 Å². The zero-order chi connectivity index (χ0) is 15.7. The largest absolute Gasteiger partial charge is 0.451 e. The SMILES string of the molecule is O=C(Nc1ccccc1F)c1cc(=O)c2cc(Cl)ccc2o1. The van der Waals surface area contributed by atoms with Crippen molar-refractivity contribution in [2.75, 3.05) is 5.32 Å². The predicted molar refractivity (Wildman–Crippen MR) is 81.8 cm³/mol. The van der Waals surface area contributed by atoms with Crippen LogP contribution in [0, 0.1) is 5.82 Å². The molecule has 0 bridgehead atoms. The topological polar surface area (TPSA) is 59.3 Å². The third-order valence-electron chi connectivity index (χ3n) is 3.04. The van der Waals surface area contributed by atoms with Gasteiger partial charge < -0.3 is 9.73 Å². The van der Waals surface area contributed by atoms with Crippen LogP contribution in [0.4, 0.5) is 10.1 Å². The Morgan fingerprint density at radius 3 is 2.68 bits per heavy atom. The first-order valence-corrected chi connectivity index (χ1v) is 6.72. The number of carbonyl (C=O) groups is 1. The van der Waals surface area contributed by atoms with E-state index in [1.807, 2.05) is 0 Å². The number of hydrogen-bond donors (Lipinski definition) is 1. The van der Waals surface area contributed by atoms with E-state index in [0.29, 0.717) is 5.02 Å². The molecule has 22 heavy (non-hydrogen) atoms. The van der Waals surface area contributed by atoms with Crippen molar-refractivity contribution in [3.63, 3.8) is 0 Å². The molecule has 0 aliphatic rings. The molecule has 0 radical (unpaired) electrons. The maximum atomic E-state index is 13.5. The van der Waals surface area contributed by atoms with E-state index >= 15 is 0 Å². The van der Waals surface area contributed by atoms with Crippen molar-refractivity contribution in [3.8, 4) is 0 Å². The van der Waals surface area contributed by atoms with Crippen LogP contribution in [0.25, 0.3) is 11.0 Å². The Kier molecular flexibility index (Phi) is 3.65. The highest BCUT2D eigenvalue weighted by molar-refractivity contribution is 6.31. The van der Waals surface area contributed by atoms with Crippen LogP contribution < -0.4 is 10.7 Å². The number of benzene rings is 2. The Bertz CT molecular complexity index is 936. The molecule has 1 amide bonds. The standard InChI is InChI=1S/C16H9ClFNO3/c17-9-5-6-14-10(7-9)13(20)8-15(22-14)16(21)19-12-4-2-1-3-11(12)18/h1-8H,(H,19,21). The molecule has 3 rings (SSSR count).